The smallest absolute Gasteiger partial charge is 0.296 e. The van der Waals surface area contributed by atoms with Gasteiger partial charge in [-0.2, -0.15) is 0 Å². The van der Waals surface area contributed by atoms with Gasteiger partial charge in [0.05, 0.1) is 29.9 Å². The molecule has 9 heteroatoms. The highest BCUT2D eigenvalue weighted by Crippen LogP contribution is 2.31. The molecule has 4 heterocycles. The third-order valence-corrected chi connectivity index (χ3v) is 6.28. The summed E-state index contributed by atoms with van der Waals surface area (Å²) in [6.07, 6.45) is 4.34. The summed E-state index contributed by atoms with van der Waals surface area (Å²) in [5, 5.41) is 20.9. The maximum Gasteiger partial charge on any atom is 0.296 e. The van der Waals surface area contributed by atoms with Crippen molar-refractivity contribution in [2.45, 2.75) is 31.9 Å². The van der Waals surface area contributed by atoms with Crippen LogP contribution in [0.15, 0.2) is 36.7 Å². The van der Waals surface area contributed by atoms with E-state index in [9.17, 15) is 24.3 Å². The van der Waals surface area contributed by atoms with Gasteiger partial charge >= 0.3 is 0 Å². The quantitative estimate of drug-likeness (QED) is 0.611. The Hall–Kier alpha value is -3.30. The summed E-state index contributed by atoms with van der Waals surface area (Å²) in [4.78, 5) is 32.0. The fourth-order valence-electron chi connectivity index (χ4n) is 4.54. The molecule has 0 unspecified atom stereocenters. The molecule has 0 saturated carbocycles. The van der Waals surface area contributed by atoms with Gasteiger partial charge in [0, 0.05) is 31.2 Å². The van der Waals surface area contributed by atoms with E-state index in [0.717, 1.165) is 5.56 Å². The summed E-state index contributed by atoms with van der Waals surface area (Å²) < 4.78 is 15.2. The zero-order valence-electron chi connectivity index (χ0n) is 17.4. The highest BCUT2D eigenvalue weighted by atomic mass is 19.1. The number of hydrogen-bond acceptors (Lipinski definition) is 5. The lowest BCUT2D eigenvalue weighted by atomic mass is 9.98. The third-order valence-electron chi connectivity index (χ3n) is 6.28. The first kappa shape index (κ1) is 20.6. The maximum atomic E-state index is 13.5. The SMILES string of the molecule is O=C1c2ncc3c(c(C(=O)N4CCC(O)CC4)cn3Cc3ccc(F)cc3)c2CCN1O. The second-order valence-electron chi connectivity index (χ2n) is 8.34. The summed E-state index contributed by atoms with van der Waals surface area (Å²) in [6.45, 7) is 1.45. The minimum absolute atomic E-state index is 0.124. The van der Waals surface area contributed by atoms with Gasteiger partial charge in [-0.05, 0) is 42.5 Å². The van der Waals surface area contributed by atoms with Gasteiger partial charge in [0.15, 0.2) is 0 Å². The molecule has 2 aromatic heterocycles. The number of hydrogen-bond donors (Lipinski definition) is 2. The van der Waals surface area contributed by atoms with Crippen molar-refractivity contribution in [1.82, 2.24) is 19.5 Å². The van der Waals surface area contributed by atoms with Crippen LogP contribution >= 0.6 is 0 Å². The highest BCUT2D eigenvalue weighted by molar-refractivity contribution is 6.10. The summed E-state index contributed by atoms with van der Waals surface area (Å²) in [5.41, 5.74) is 2.83. The largest absolute Gasteiger partial charge is 0.393 e. The number of likely N-dealkylation sites (tertiary alicyclic amines) is 1. The van der Waals surface area contributed by atoms with E-state index in [4.69, 9.17) is 0 Å². The molecule has 2 aliphatic heterocycles. The molecule has 1 aromatic carbocycles. The number of fused-ring (bicyclic) bond motifs is 3. The van der Waals surface area contributed by atoms with Crippen LogP contribution in [0.5, 0.6) is 0 Å². The van der Waals surface area contributed by atoms with Crippen molar-refractivity contribution < 1.29 is 24.3 Å². The van der Waals surface area contributed by atoms with Gasteiger partial charge in [0.25, 0.3) is 11.8 Å². The van der Waals surface area contributed by atoms with Gasteiger partial charge in [-0.3, -0.25) is 14.8 Å². The zero-order valence-corrected chi connectivity index (χ0v) is 17.4. The molecule has 2 amide bonds. The molecule has 0 spiro atoms. The van der Waals surface area contributed by atoms with E-state index in [0.29, 0.717) is 66.0 Å². The van der Waals surface area contributed by atoms with E-state index < -0.39 is 12.0 Å². The molecular weight excluding hydrogens is 415 g/mol. The summed E-state index contributed by atoms with van der Waals surface area (Å²) in [7, 11) is 0. The van der Waals surface area contributed by atoms with E-state index in [2.05, 4.69) is 4.98 Å². The average molecular weight is 438 g/mol. The predicted octanol–water partition coefficient (Wildman–Crippen LogP) is 2.21. The van der Waals surface area contributed by atoms with Crippen molar-refractivity contribution in [3.63, 3.8) is 0 Å². The Morgan fingerprint density at radius 1 is 1.16 bits per heavy atom. The van der Waals surface area contributed by atoms with Crippen LogP contribution in [0.1, 0.15) is 44.8 Å². The molecule has 2 aliphatic rings. The number of benzene rings is 1. The standard InChI is InChI=1S/C23H23FN4O4/c24-15-3-1-14(2-4-15)12-27-13-18(22(30)26-8-5-16(29)6-9-26)20-17-7-10-28(32)23(31)21(17)25-11-19(20)27/h1-4,11,13,16,29,32H,5-10,12H2. The monoisotopic (exact) mass is 438 g/mol. The topological polar surface area (TPSA) is 98.9 Å². The van der Waals surface area contributed by atoms with E-state index in [1.807, 2.05) is 4.57 Å². The number of pyridine rings is 1. The Labute approximate surface area is 183 Å². The Morgan fingerprint density at radius 2 is 1.88 bits per heavy atom. The van der Waals surface area contributed by atoms with E-state index in [1.165, 1.54) is 12.1 Å². The number of halogens is 1. The van der Waals surface area contributed by atoms with Crippen LogP contribution in [0.2, 0.25) is 0 Å². The van der Waals surface area contributed by atoms with Crippen molar-refractivity contribution in [2.24, 2.45) is 0 Å². The minimum Gasteiger partial charge on any atom is -0.393 e. The van der Waals surface area contributed by atoms with Crippen LogP contribution in [0, 0.1) is 5.82 Å². The van der Waals surface area contributed by atoms with Crippen molar-refractivity contribution >= 4 is 22.7 Å². The number of carbonyl (C=O) groups is 2. The molecule has 1 fully saturated rings. The Balaban J connectivity index is 1.63. The molecule has 0 atom stereocenters. The van der Waals surface area contributed by atoms with Crippen molar-refractivity contribution in [3.8, 4) is 0 Å². The number of carbonyl (C=O) groups excluding carboxylic acids is 2. The molecule has 0 radical (unpaired) electrons. The van der Waals surface area contributed by atoms with Crippen molar-refractivity contribution in [2.75, 3.05) is 19.6 Å². The second-order valence-corrected chi connectivity index (χ2v) is 8.34. The molecule has 0 aliphatic carbocycles. The fourth-order valence-corrected chi connectivity index (χ4v) is 4.54. The summed E-state index contributed by atoms with van der Waals surface area (Å²) in [6, 6.07) is 6.16. The molecule has 32 heavy (non-hydrogen) atoms. The number of amides is 2. The van der Waals surface area contributed by atoms with Crippen LogP contribution < -0.4 is 0 Å². The first-order chi connectivity index (χ1) is 15.4. The minimum atomic E-state index is -0.584. The number of aromatic nitrogens is 2. The molecule has 1 saturated heterocycles. The Morgan fingerprint density at radius 3 is 2.59 bits per heavy atom. The van der Waals surface area contributed by atoms with Crippen LogP contribution in [-0.4, -0.2) is 67.4 Å². The zero-order chi connectivity index (χ0) is 22.4. The average Bonchev–Trinajstić information content (AvgIpc) is 3.16. The van der Waals surface area contributed by atoms with E-state index in [-0.39, 0.29) is 24.0 Å². The number of piperidine rings is 1. The number of aliphatic hydroxyl groups is 1. The van der Waals surface area contributed by atoms with Gasteiger partial charge in [0.1, 0.15) is 11.5 Å². The number of hydroxylamine groups is 2. The van der Waals surface area contributed by atoms with Crippen LogP contribution in [0.25, 0.3) is 10.9 Å². The highest BCUT2D eigenvalue weighted by Gasteiger charge is 2.31. The lowest BCUT2D eigenvalue weighted by molar-refractivity contribution is -0.0606. The summed E-state index contributed by atoms with van der Waals surface area (Å²) >= 11 is 0. The first-order valence-electron chi connectivity index (χ1n) is 10.7. The fraction of sp³-hybridized carbons (Fsp3) is 0.348. The molecule has 0 bridgehead atoms. The predicted molar refractivity (Wildman–Crippen MR) is 113 cm³/mol. The maximum absolute atomic E-state index is 13.5. The molecule has 8 nitrogen and oxygen atoms in total. The lowest BCUT2D eigenvalue weighted by Crippen LogP contribution is -2.40. The van der Waals surface area contributed by atoms with Gasteiger partial charge in [0.2, 0.25) is 0 Å². The summed E-state index contributed by atoms with van der Waals surface area (Å²) in [5.74, 6) is -1.07. The molecule has 3 aromatic rings. The van der Waals surface area contributed by atoms with Gasteiger partial charge in [-0.15, -0.1) is 0 Å². The van der Waals surface area contributed by atoms with E-state index >= 15 is 0 Å². The number of aliphatic hydroxyl groups excluding tert-OH is 1. The Kier molecular flexibility index (Phi) is 5.15. The number of nitrogens with zero attached hydrogens (tertiary/aromatic N) is 4. The van der Waals surface area contributed by atoms with Crippen molar-refractivity contribution in [3.05, 3.63) is 64.9 Å². The van der Waals surface area contributed by atoms with Gasteiger partial charge in [-0.1, -0.05) is 12.1 Å². The van der Waals surface area contributed by atoms with Crippen molar-refractivity contribution in [1.29, 1.82) is 0 Å². The van der Waals surface area contributed by atoms with Crippen LogP contribution in [-0.2, 0) is 13.0 Å². The molecule has 5 rings (SSSR count). The van der Waals surface area contributed by atoms with Gasteiger partial charge < -0.3 is 14.6 Å². The molecule has 2 N–H and O–H groups in total. The normalized spacial score (nSPS) is 17.2. The molecular formula is C23H23FN4O4. The first-order valence-corrected chi connectivity index (χ1v) is 10.7. The molecule has 166 valence electrons. The third kappa shape index (κ3) is 3.53. The number of rotatable bonds is 3. The van der Waals surface area contributed by atoms with Crippen LogP contribution in [0.3, 0.4) is 0 Å². The second kappa shape index (κ2) is 7.99. The van der Waals surface area contributed by atoms with Crippen LogP contribution in [0.4, 0.5) is 4.39 Å². The van der Waals surface area contributed by atoms with E-state index in [1.54, 1.807) is 29.4 Å². The Bertz CT molecular complexity index is 1200. The lowest BCUT2D eigenvalue weighted by Gasteiger charge is -2.29. The van der Waals surface area contributed by atoms with Gasteiger partial charge in [-0.25, -0.2) is 14.4 Å².